The summed E-state index contributed by atoms with van der Waals surface area (Å²) in [6.07, 6.45) is 1.25. The number of anilines is 1. The van der Waals surface area contributed by atoms with Gasteiger partial charge in [0.1, 0.15) is 5.69 Å². The fourth-order valence-corrected chi connectivity index (χ4v) is 2.04. The smallest absolute Gasteiger partial charge is 0.293 e. The second-order valence-corrected chi connectivity index (χ2v) is 4.54. The number of halogens is 1. The molecule has 0 bridgehead atoms. The summed E-state index contributed by atoms with van der Waals surface area (Å²) in [5, 5.41) is 16.9. The molecule has 6 nitrogen and oxygen atoms in total. The highest BCUT2D eigenvalue weighted by Crippen LogP contribution is 2.27. The third kappa shape index (κ3) is 2.89. The molecule has 2 rings (SSSR count). The van der Waals surface area contributed by atoms with Crippen molar-refractivity contribution in [2.45, 2.75) is 18.9 Å². The van der Waals surface area contributed by atoms with Gasteiger partial charge >= 0.3 is 0 Å². The van der Waals surface area contributed by atoms with Crippen molar-refractivity contribution in [3.8, 4) is 0 Å². The lowest BCUT2D eigenvalue weighted by Crippen LogP contribution is -2.31. The second-order valence-electron chi connectivity index (χ2n) is 4.10. The molecule has 1 amide bonds. The van der Waals surface area contributed by atoms with Crippen LogP contribution in [0.2, 0.25) is 5.02 Å². The zero-order chi connectivity index (χ0) is 13.1. The minimum absolute atomic E-state index is 0.0207. The fraction of sp³-hybridized carbons (Fsp3) is 0.364. The van der Waals surface area contributed by atoms with E-state index in [1.54, 1.807) is 12.1 Å². The molecule has 1 aromatic rings. The minimum Gasteiger partial charge on any atom is -0.377 e. The Balaban J connectivity index is 2.04. The van der Waals surface area contributed by atoms with Crippen LogP contribution in [0.5, 0.6) is 0 Å². The molecule has 1 fully saturated rings. The van der Waals surface area contributed by atoms with E-state index in [9.17, 15) is 14.9 Å². The number of nitrogens with one attached hydrogen (secondary N) is 2. The number of benzene rings is 1. The number of hydrogen-bond donors (Lipinski definition) is 2. The first-order valence-corrected chi connectivity index (χ1v) is 5.91. The Hall–Kier alpha value is -1.82. The Labute approximate surface area is 108 Å². The highest BCUT2D eigenvalue weighted by atomic mass is 35.5. The maximum Gasteiger partial charge on any atom is 0.293 e. The van der Waals surface area contributed by atoms with Gasteiger partial charge in [-0.1, -0.05) is 11.6 Å². The molecule has 0 aliphatic carbocycles. The van der Waals surface area contributed by atoms with E-state index < -0.39 is 4.92 Å². The van der Waals surface area contributed by atoms with Crippen LogP contribution in [-0.2, 0) is 4.79 Å². The molecule has 2 N–H and O–H groups in total. The number of rotatable bonds is 4. The lowest BCUT2D eigenvalue weighted by atomic mass is 10.2. The fourth-order valence-electron chi connectivity index (χ4n) is 1.87. The van der Waals surface area contributed by atoms with E-state index in [2.05, 4.69) is 10.6 Å². The molecule has 1 atom stereocenters. The topological polar surface area (TPSA) is 84.3 Å². The Kier molecular flexibility index (Phi) is 3.66. The van der Waals surface area contributed by atoms with Crippen molar-refractivity contribution < 1.29 is 9.72 Å². The average molecular weight is 270 g/mol. The van der Waals surface area contributed by atoms with Gasteiger partial charge in [0.15, 0.2) is 0 Å². The quantitative estimate of drug-likeness (QED) is 0.646. The van der Waals surface area contributed by atoms with Crippen LogP contribution >= 0.6 is 11.6 Å². The van der Waals surface area contributed by atoms with Crippen LogP contribution in [0.25, 0.3) is 0 Å². The van der Waals surface area contributed by atoms with Gasteiger partial charge in [-0.25, -0.2) is 0 Å². The van der Waals surface area contributed by atoms with Crippen molar-refractivity contribution in [3.05, 3.63) is 33.3 Å². The van der Waals surface area contributed by atoms with Gasteiger partial charge in [0.25, 0.3) is 5.69 Å². The van der Waals surface area contributed by atoms with Gasteiger partial charge in [0, 0.05) is 30.1 Å². The molecule has 0 saturated carbocycles. The molecular weight excluding hydrogens is 258 g/mol. The number of nitro groups is 1. The summed E-state index contributed by atoms with van der Waals surface area (Å²) in [5.41, 5.74) is 0.345. The molecule has 1 unspecified atom stereocenters. The van der Waals surface area contributed by atoms with Crippen molar-refractivity contribution in [2.24, 2.45) is 0 Å². The molecule has 0 spiro atoms. The zero-order valence-corrected chi connectivity index (χ0v) is 10.2. The van der Waals surface area contributed by atoms with Crippen molar-refractivity contribution in [3.63, 3.8) is 0 Å². The van der Waals surface area contributed by atoms with Gasteiger partial charge in [-0.15, -0.1) is 0 Å². The van der Waals surface area contributed by atoms with Crippen LogP contribution in [0, 0.1) is 10.1 Å². The Morgan fingerprint density at radius 2 is 2.33 bits per heavy atom. The van der Waals surface area contributed by atoms with Crippen LogP contribution < -0.4 is 10.6 Å². The first kappa shape index (κ1) is 12.6. The van der Waals surface area contributed by atoms with Gasteiger partial charge in [0.05, 0.1) is 4.92 Å². The molecule has 7 heteroatoms. The van der Waals surface area contributed by atoms with Crippen LogP contribution in [0.1, 0.15) is 12.8 Å². The number of nitrogens with zero attached hydrogens (tertiary/aromatic N) is 1. The van der Waals surface area contributed by atoms with Crippen molar-refractivity contribution >= 4 is 28.9 Å². The molecule has 1 aromatic carbocycles. The minimum atomic E-state index is -0.485. The van der Waals surface area contributed by atoms with E-state index in [-0.39, 0.29) is 17.6 Å². The van der Waals surface area contributed by atoms with E-state index in [1.165, 1.54) is 6.07 Å². The maximum absolute atomic E-state index is 11.0. The van der Waals surface area contributed by atoms with Crippen molar-refractivity contribution in [2.75, 3.05) is 11.9 Å². The monoisotopic (exact) mass is 269 g/mol. The lowest BCUT2D eigenvalue weighted by Gasteiger charge is -2.12. The molecule has 1 saturated heterocycles. The SMILES string of the molecule is O=C1CCC(CNc2ccc(Cl)cc2[N+](=O)[O-])N1. The second kappa shape index (κ2) is 5.22. The summed E-state index contributed by atoms with van der Waals surface area (Å²) in [5.74, 6) is 0.0207. The Morgan fingerprint density at radius 3 is 2.94 bits per heavy atom. The van der Waals surface area contributed by atoms with E-state index in [1.807, 2.05) is 0 Å². The van der Waals surface area contributed by atoms with Crippen molar-refractivity contribution in [1.82, 2.24) is 5.32 Å². The van der Waals surface area contributed by atoms with Crippen LogP contribution in [-0.4, -0.2) is 23.4 Å². The summed E-state index contributed by atoms with van der Waals surface area (Å²) < 4.78 is 0. The van der Waals surface area contributed by atoms with E-state index >= 15 is 0 Å². The standard InChI is InChI=1S/C11H12ClN3O3/c12-7-1-3-9(10(5-7)15(17)18)13-6-8-2-4-11(16)14-8/h1,3,5,8,13H,2,4,6H2,(H,14,16). The summed E-state index contributed by atoms with van der Waals surface area (Å²) in [6.45, 7) is 0.466. The van der Waals surface area contributed by atoms with E-state index in [4.69, 9.17) is 11.6 Å². The number of nitro benzene ring substituents is 1. The van der Waals surface area contributed by atoms with Gasteiger partial charge in [-0.05, 0) is 18.6 Å². The van der Waals surface area contributed by atoms with Gasteiger partial charge in [-0.2, -0.15) is 0 Å². The summed E-state index contributed by atoms with van der Waals surface area (Å²) >= 11 is 5.72. The largest absolute Gasteiger partial charge is 0.377 e. The molecule has 0 radical (unpaired) electrons. The molecule has 1 aliphatic heterocycles. The van der Waals surface area contributed by atoms with Crippen molar-refractivity contribution in [1.29, 1.82) is 0 Å². The average Bonchev–Trinajstić information content (AvgIpc) is 2.73. The van der Waals surface area contributed by atoms with Gasteiger partial charge in [0.2, 0.25) is 5.91 Å². The summed E-state index contributed by atoms with van der Waals surface area (Å²) in [7, 11) is 0. The Bertz CT molecular complexity index is 492. The summed E-state index contributed by atoms with van der Waals surface area (Å²) in [6, 6.07) is 4.48. The normalized spacial score (nSPS) is 18.5. The first-order valence-electron chi connectivity index (χ1n) is 5.53. The maximum atomic E-state index is 11.0. The number of carbonyl (C=O) groups excluding carboxylic acids is 1. The predicted octanol–water partition coefficient (Wildman–Crippen LogP) is 1.94. The van der Waals surface area contributed by atoms with Gasteiger partial charge in [-0.3, -0.25) is 14.9 Å². The Morgan fingerprint density at radius 1 is 1.56 bits per heavy atom. The molecule has 1 heterocycles. The highest BCUT2D eigenvalue weighted by molar-refractivity contribution is 6.30. The molecule has 96 valence electrons. The van der Waals surface area contributed by atoms with Crippen LogP contribution in [0.4, 0.5) is 11.4 Å². The molecule has 1 aliphatic rings. The molecule has 0 aromatic heterocycles. The first-order chi connectivity index (χ1) is 8.56. The van der Waals surface area contributed by atoms with Crippen LogP contribution in [0.3, 0.4) is 0 Å². The highest BCUT2D eigenvalue weighted by Gasteiger charge is 2.21. The van der Waals surface area contributed by atoms with E-state index in [0.29, 0.717) is 23.7 Å². The molecular formula is C11H12ClN3O3. The third-order valence-corrected chi connectivity index (χ3v) is 3.02. The molecule has 18 heavy (non-hydrogen) atoms. The number of carbonyl (C=O) groups is 1. The zero-order valence-electron chi connectivity index (χ0n) is 9.48. The summed E-state index contributed by atoms with van der Waals surface area (Å²) in [4.78, 5) is 21.4. The van der Waals surface area contributed by atoms with Crippen LogP contribution in [0.15, 0.2) is 18.2 Å². The number of amides is 1. The number of hydrogen-bond acceptors (Lipinski definition) is 4. The third-order valence-electron chi connectivity index (χ3n) is 2.78. The van der Waals surface area contributed by atoms with E-state index in [0.717, 1.165) is 6.42 Å². The lowest BCUT2D eigenvalue weighted by molar-refractivity contribution is -0.383. The predicted molar refractivity (Wildman–Crippen MR) is 67.8 cm³/mol. The van der Waals surface area contributed by atoms with Gasteiger partial charge < -0.3 is 10.6 Å².